The Kier molecular flexibility index (Phi) is 3.93. The number of benzene rings is 1. The smallest absolute Gasteiger partial charge is 0.225 e. The summed E-state index contributed by atoms with van der Waals surface area (Å²) in [6, 6.07) is 5.19. The van der Waals surface area contributed by atoms with Crippen LogP contribution < -0.4 is 0 Å². The van der Waals surface area contributed by atoms with Gasteiger partial charge in [-0.25, -0.2) is 4.39 Å². The highest BCUT2D eigenvalue weighted by Gasteiger charge is 2.49. The van der Waals surface area contributed by atoms with Crippen LogP contribution in [-0.4, -0.2) is 23.9 Å². The molecule has 3 heteroatoms. The Morgan fingerprint density at radius 3 is 2.50 bits per heavy atom. The lowest BCUT2D eigenvalue weighted by Gasteiger charge is -2.55. The van der Waals surface area contributed by atoms with Crippen molar-refractivity contribution in [2.45, 2.75) is 58.3 Å². The summed E-state index contributed by atoms with van der Waals surface area (Å²) in [5.41, 5.74) is 2.77. The fraction of sp³-hybridized carbons (Fsp3) is 0.667. The van der Waals surface area contributed by atoms with Gasteiger partial charge in [0.1, 0.15) is 5.82 Å². The minimum atomic E-state index is -0.119. The molecule has 1 saturated heterocycles. The molecule has 1 amide bonds. The number of carbonyl (C=O) groups excluding carboxylic acids is 1. The van der Waals surface area contributed by atoms with Crippen LogP contribution in [0.15, 0.2) is 18.2 Å². The summed E-state index contributed by atoms with van der Waals surface area (Å²) in [6.45, 7) is 6.25. The van der Waals surface area contributed by atoms with Crippen molar-refractivity contribution in [3.63, 3.8) is 0 Å². The Morgan fingerprint density at radius 2 is 1.88 bits per heavy atom. The largest absolute Gasteiger partial charge is 0.341 e. The molecular weight excluding hydrogens is 301 g/mol. The highest BCUT2D eigenvalue weighted by atomic mass is 19.1. The van der Waals surface area contributed by atoms with Gasteiger partial charge < -0.3 is 4.90 Å². The van der Waals surface area contributed by atoms with Gasteiger partial charge in [-0.3, -0.25) is 4.79 Å². The van der Waals surface area contributed by atoms with Crippen molar-refractivity contribution in [2.24, 2.45) is 17.3 Å². The number of rotatable bonds is 2. The third kappa shape index (κ3) is 2.76. The lowest BCUT2D eigenvalue weighted by atomic mass is 9.64. The Morgan fingerprint density at radius 1 is 1.21 bits per heavy atom. The molecule has 2 saturated carbocycles. The molecule has 1 aromatic carbocycles. The van der Waals surface area contributed by atoms with Gasteiger partial charge in [0.05, 0.1) is 0 Å². The number of likely N-dealkylation sites (tertiary alicyclic amines) is 1. The van der Waals surface area contributed by atoms with Crippen LogP contribution in [-0.2, 0) is 4.79 Å². The maximum atomic E-state index is 13.6. The summed E-state index contributed by atoms with van der Waals surface area (Å²) < 4.78 is 13.6. The van der Waals surface area contributed by atoms with Crippen LogP contribution in [0.2, 0.25) is 0 Å². The summed E-state index contributed by atoms with van der Waals surface area (Å²) in [5.74, 6) is 1.82. The topological polar surface area (TPSA) is 20.3 Å². The summed E-state index contributed by atoms with van der Waals surface area (Å²) in [5, 5.41) is 0. The van der Waals surface area contributed by atoms with Gasteiger partial charge in [-0.05, 0) is 80.5 Å². The van der Waals surface area contributed by atoms with E-state index in [-0.39, 0.29) is 5.82 Å². The van der Waals surface area contributed by atoms with E-state index in [2.05, 4.69) is 18.7 Å². The highest BCUT2D eigenvalue weighted by Crippen LogP contribution is 2.49. The molecule has 1 heterocycles. The minimum absolute atomic E-state index is 0.119. The Balaban J connectivity index is 1.32. The monoisotopic (exact) mass is 329 g/mol. The van der Waals surface area contributed by atoms with E-state index in [1.54, 1.807) is 12.1 Å². The number of aryl methyl sites for hydroxylation is 1. The van der Waals surface area contributed by atoms with Gasteiger partial charge in [0, 0.05) is 24.4 Å². The fourth-order valence-corrected chi connectivity index (χ4v) is 5.19. The fourth-order valence-electron chi connectivity index (χ4n) is 5.19. The standard InChI is InChI=1S/C21H28FNO/c1-14-9-17(10-14)20(24)23-12-21(13-23)7-5-16(6-8-21)19-11-18(22)4-3-15(19)2/h3-4,11,14,16-17H,5-10,12-13H2,1-2H3. The zero-order valence-electron chi connectivity index (χ0n) is 14.9. The molecule has 2 aliphatic carbocycles. The maximum Gasteiger partial charge on any atom is 0.225 e. The summed E-state index contributed by atoms with van der Waals surface area (Å²) in [7, 11) is 0. The van der Waals surface area contributed by atoms with Crippen molar-refractivity contribution >= 4 is 5.91 Å². The molecule has 0 bridgehead atoms. The van der Waals surface area contributed by atoms with Gasteiger partial charge in [0.15, 0.2) is 0 Å². The van der Waals surface area contributed by atoms with Crippen LogP contribution in [0.3, 0.4) is 0 Å². The van der Waals surface area contributed by atoms with E-state index in [1.807, 2.05) is 6.07 Å². The average Bonchev–Trinajstić information content (AvgIpc) is 2.51. The van der Waals surface area contributed by atoms with Crippen LogP contribution in [0.1, 0.15) is 62.5 Å². The molecule has 130 valence electrons. The first kappa shape index (κ1) is 16.1. The molecule has 1 aliphatic heterocycles. The molecule has 2 nitrogen and oxygen atoms in total. The molecule has 0 atom stereocenters. The van der Waals surface area contributed by atoms with Crippen molar-refractivity contribution in [3.8, 4) is 0 Å². The molecule has 3 fully saturated rings. The van der Waals surface area contributed by atoms with Crippen LogP contribution in [0.25, 0.3) is 0 Å². The van der Waals surface area contributed by atoms with Crippen LogP contribution in [0, 0.1) is 30.0 Å². The normalized spacial score (nSPS) is 29.2. The van der Waals surface area contributed by atoms with Gasteiger partial charge in [0.25, 0.3) is 0 Å². The third-order valence-corrected chi connectivity index (χ3v) is 6.81. The summed E-state index contributed by atoms with van der Waals surface area (Å²) in [4.78, 5) is 14.5. The van der Waals surface area contributed by atoms with E-state index in [9.17, 15) is 9.18 Å². The van der Waals surface area contributed by atoms with Gasteiger partial charge >= 0.3 is 0 Å². The Labute approximate surface area is 144 Å². The van der Waals surface area contributed by atoms with Crippen LogP contribution in [0.5, 0.6) is 0 Å². The Hall–Kier alpha value is -1.38. The molecule has 3 aliphatic rings. The highest BCUT2D eigenvalue weighted by molar-refractivity contribution is 5.80. The third-order valence-electron chi connectivity index (χ3n) is 6.81. The minimum Gasteiger partial charge on any atom is -0.341 e. The first-order chi connectivity index (χ1) is 11.5. The van der Waals surface area contributed by atoms with Gasteiger partial charge in [-0.2, -0.15) is 0 Å². The Bertz CT molecular complexity index is 633. The van der Waals surface area contributed by atoms with Crippen molar-refractivity contribution in [1.29, 1.82) is 0 Å². The van der Waals surface area contributed by atoms with E-state index >= 15 is 0 Å². The molecule has 0 aromatic heterocycles. The van der Waals surface area contributed by atoms with Gasteiger partial charge in [0.2, 0.25) is 5.91 Å². The first-order valence-corrected chi connectivity index (χ1v) is 9.51. The number of carbonyl (C=O) groups is 1. The summed E-state index contributed by atoms with van der Waals surface area (Å²) >= 11 is 0. The molecular formula is C21H28FNO. The number of halogens is 1. The summed E-state index contributed by atoms with van der Waals surface area (Å²) in [6.07, 6.45) is 6.79. The zero-order valence-corrected chi connectivity index (χ0v) is 14.9. The molecule has 4 rings (SSSR count). The van der Waals surface area contributed by atoms with E-state index in [1.165, 1.54) is 24.0 Å². The van der Waals surface area contributed by atoms with Crippen LogP contribution in [0.4, 0.5) is 4.39 Å². The predicted molar refractivity (Wildman–Crippen MR) is 93.2 cm³/mol. The first-order valence-electron chi connectivity index (χ1n) is 9.51. The van der Waals surface area contributed by atoms with Gasteiger partial charge in [-0.15, -0.1) is 0 Å². The molecule has 24 heavy (non-hydrogen) atoms. The molecule has 1 spiro atoms. The number of amides is 1. The molecule has 0 N–H and O–H groups in total. The van der Waals surface area contributed by atoms with Crippen molar-refractivity contribution in [1.82, 2.24) is 4.90 Å². The lowest BCUT2D eigenvalue weighted by Crippen LogP contribution is -2.61. The van der Waals surface area contributed by atoms with Crippen molar-refractivity contribution in [2.75, 3.05) is 13.1 Å². The second-order valence-corrected chi connectivity index (χ2v) is 8.74. The van der Waals surface area contributed by atoms with E-state index in [0.717, 1.165) is 44.7 Å². The predicted octanol–water partition coefficient (Wildman–Crippen LogP) is 4.67. The van der Waals surface area contributed by atoms with Crippen molar-refractivity contribution < 1.29 is 9.18 Å². The zero-order chi connectivity index (χ0) is 16.9. The van der Waals surface area contributed by atoms with Gasteiger partial charge in [-0.1, -0.05) is 13.0 Å². The second kappa shape index (κ2) is 5.86. The molecule has 1 aromatic rings. The molecule has 0 radical (unpaired) electrons. The van der Waals surface area contributed by atoms with Crippen molar-refractivity contribution in [3.05, 3.63) is 35.1 Å². The SMILES string of the molecule is Cc1ccc(F)cc1C1CCC2(CC1)CN(C(=O)C1CC(C)C1)C2. The quantitative estimate of drug-likeness (QED) is 0.772. The van der Waals surface area contributed by atoms with E-state index in [0.29, 0.717) is 23.2 Å². The number of hydrogen-bond acceptors (Lipinski definition) is 1. The maximum absolute atomic E-state index is 13.6. The molecule has 0 unspecified atom stereocenters. The second-order valence-electron chi connectivity index (χ2n) is 8.74. The number of nitrogens with zero attached hydrogens (tertiary/aromatic N) is 1. The average molecular weight is 329 g/mol. The van der Waals surface area contributed by atoms with Crippen LogP contribution >= 0.6 is 0 Å². The number of hydrogen-bond donors (Lipinski definition) is 0. The van der Waals surface area contributed by atoms with E-state index in [4.69, 9.17) is 0 Å². The lowest BCUT2D eigenvalue weighted by molar-refractivity contribution is -0.154. The van der Waals surface area contributed by atoms with E-state index < -0.39 is 0 Å².